The maximum absolute atomic E-state index is 5.39. The zero-order chi connectivity index (χ0) is 51.3. The molecule has 12 rings (SSSR count). The van der Waals surface area contributed by atoms with Crippen LogP contribution in [0.15, 0.2) is 231 Å². The first-order chi connectivity index (χ1) is 36.4. The molecule has 1 aliphatic rings. The standard InChI is InChI=1S/C71H60N4/c1-70(2,3)57-40-41-64-62(44-57)63-46-58(71(4,5)6)45-61(51-26-16-9-17-27-51)66(63)75(64)65-59(52-36-32-49(33-37-52)47-22-12-7-13-23-47)42-56(43-60(65)53-38-34-50(35-39-53)48-24-14-8-15-25-48)69-73-67(54-28-18-10-19-29-54)72-68(74-69)55-30-20-11-21-31-55/h7-10,12-20,22-46H,11,21H2,1-6H3. The molecule has 0 bridgehead atoms. The molecule has 11 aromatic rings. The van der Waals surface area contributed by atoms with Crippen LogP contribution < -0.4 is 0 Å². The Labute approximate surface area is 441 Å². The first-order valence-electron chi connectivity index (χ1n) is 26.3. The Balaban J connectivity index is 1.24. The van der Waals surface area contributed by atoms with Gasteiger partial charge in [0.1, 0.15) is 0 Å². The average molecular weight is 969 g/mol. The van der Waals surface area contributed by atoms with Crippen molar-refractivity contribution in [2.75, 3.05) is 0 Å². The van der Waals surface area contributed by atoms with Gasteiger partial charge in [-0.25, -0.2) is 15.0 Å². The summed E-state index contributed by atoms with van der Waals surface area (Å²) in [6, 6.07) is 77.5. The van der Waals surface area contributed by atoms with Gasteiger partial charge in [0.2, 0.25) is 0 Å². The van der Waals surface area contributed by atoms with E-state index in [1.807, 2.05) is 18.2 Å². The fraction of sp³-hybridized carbons (Fsp3) is 0.141. The summed E-state index contributed by atoms with van der Waals surface area (Å²) in [6.07, 6.45) is 8.56. The van der Waals surface area contributed by atoms with Crippen LogP contribution in [0.5, 0.6) is 0 Å². The van der Waals surface area contributed by atoms with Gasteiger partial charge in [-0.2, -0.15) is 0 Å². The molecule has 75 heavy (non-hydrogen) atoms. The summed E-state index contributed by atoms with van der Waals surface area (Å²) in [4.78, 5) is 15.9. The van der Waals surface area contributed by atoms with Gasteiger partial charge in [0, 0.05) is 44.2 Å². The molecule has 2 heterocycles. The molecule has 0 amide bonds. The number of allylic oxidation sites excluding steroid dienone is 4. The third kappa shape index (κ3) is 9.23. The zero-order valence-electron chi connectivity index (χ0n) is 43.6. The number of benzene rings is 9. The van der Waals surface area contributed by atoms with Crippen molar-refractivity contribution < 1.29 is 0 Å². The van der Waals surface area contributed by atoms with Crippen LogP contribution in [-0.4, -0.2) is 19.5 Å². The van der Waals surface area contributed by atoms with E-state index in [9.17, 15) is 0 Å². The lowest BCUT2D eigenvalue weighted by atomic mass is 9.83. The summed E-state index contributed by atoms with van der Waals surface area (Å²) in [5.74, 6) is 1.92. The van der Waals surface area contributed by atoms with Crippen molar-refractivity contribution in [3.05, 3.63) is 248 Å². The molecule has 9 aromatic carbocycles. The Bertz CT molecular complexity index is 3840. The summed E-state index contributed by atoms with van der Waals surface area (Å²) in [5, 5.41) is 2.45. The number of fused-ring (bicyclic) bond motifs is 3. The second-order valence-electron chi connectivity index (χ2n) is 22.0. The highest BCUT2D eigenvalue weighted by Crippen LogP contribution is 2.48. The lowest BCUT2D eigenvalue weighted by Crippen LogP contribution is -2.11. The van der Waals surface area contributed by atoms with Crippen molar-refractivity contribution in [1.82, 2.24) is 19.5 Å². The normalized spacial score (nSPS) is 12.9. The fourth-order valence-electron chi connectivity index (χ4n) is 10.6. The van der Waals surface area contributed by atoms with E-state index in [4.69, 9.17) is 15.0 Å². The minimum atomic E-state index is -0.113. The second-order valence-corrected chi connectivity index (χ2v) is 22.0. The predicted octanol–water partition coefficient (Wildman–Crippen LogP) is 19.0. The van der Waals surface area contributed by atoms with Crippen molar-refractivity contribution in [2.24, 2.45) is 0 Å². The largest absolute Gasteiger partial charge is 0.307 e. The van der Waals surface area contributed by atoms with E-state index in [-0.39, 0.29) is 10.8 Å². The molecular weight excluding hydrogens is 909 g/mol. The van der Waals surface area contributed by atoms with Crippen LogP contribution in [0.1, 0.15) is 71.3 Å². The van der Waals surface area contributed by atoms with Crippen molar-refractivity contribution >= 4 is 27.4 Å². The number of aromatic nitrogens is 4. The molecule has 0 saturated carbocycles. The van der Waals surface area contributed by atoms with Gasteiger partial charge in [0.15, 0.2) is 17.5 Å². The maximum atomic E-state index is 5.39. The number of hydrogen-bond acceptors (Lipinski definition) is 3. The fourth-order valence-corrected chi connectivity index (χ4v) is 10.6. The topological polar surface area (TPSA) is 43.6 Å². The van der Waals surface area contributed by atoms with Crippen LogP contribution in [0.3, 0.4) is 0 Å². The van der Waals surface area contributed by atoms with Gasteiger partial charge in [0.25, 0.3) is 0 Å². The van der Waals surface area contributed by atoms with Gasteiger partial charge >= 0.3 is 0 Å². The molecule has 0 atom stereocenters. The van der Waals surface area contributed by atoms with Crippen molar-refractivity contribution in [3.8, 4) is 84.1 Å². The number of hydrogen-bond donors (Lipinski definition) is 0. The molecule has 2 aromatic heterocycles. The molecule has 0 saturated heterocycles. The predicted molar refractivity (Wildman–Crippen MR) is 316 cm³/mol. The van der Waals surface area contributed by atoms with Crippen molar-refractivity contribution in [3.63, 3.8) is 0 Å². The van der Waals surface area contributed by atoms with Crippen LogP contribution in [0.2, 0.25) is 0 Å². The lowest BCUT2D eigenvalue weighted by Gasteiger charge is -2.24. The SMILES string of the molecule is CC(C)(C)c1ccc2c(c1)c1cc(C(C)(C)C)cc(-c3ccccc3)c1n2-c1c(-c2ccc(-c3ccccc3)cc2)cc(-c2nc(C3=CCCC=C3)nc(-c3ccccc3)n2)cc1-c1ccc(-c2ccccc2)cc1. The Kier molecular flexibility index (Phi) is 12.2. The van der Waals surface area contributed by atoms with Gasteiger partial charge in [-0.1, -0.05) is 236 Å². The summed E-state index contributed by atoms with van der Waals surface area (Å²) in [6.45, 7) is 13.9. The van der Waals surface area contributed by atoms with E-state index >= 15 is 0 Å². The second kappa shape index (κ2) is 19.3. The number of nitrogens with zero attached hydrogens (tertiary/aromatic N) is 4. The quantitative estimate of drug-likeness (QED) is 0.145. The highest BCUT2D eigenvalue weighted by atomic mass is 15.0. The van der Waals surface area contributed by atoms with E-state index in [1.54, 1.807) is 0 Å². The smallest absolute Gasteiger partial charge is 0.164 e. The highest BCUT2D eigenvalue weighted by molar-refractivity contribution is 6.15. The third-order valence-electron chi connectivity index (χ3n) is 14.8. The minimum Gasteiger partial charge on any atom is -0.307 e. The first kappa shape index (κ1) is 47.3. The molecule has 1 aliphatic carbocycles. The van der Waals surface area contributed by atoms with Gasteiger partial charge < -0.3 is 4.57 Å². The Morgan fingerprint density at radius 3 is 1.31 bits per heavy atom. The molecule has 0 spiro atoms. The molecular formula is C71H60N4. The molecule has 364 valence electrons. The van der Waals surface area contributed by atoms with Crippen LogP contribution in [-0.2, 0) is 10.8 Å². The molecule has 0 unspecified atom stereocenters. The monoisotopic (exact) mass is 968 g/mol. The van der Waals surface area contributed by atoms with E-state index < -0.39 is 0 Å². The first-order valence-corrected chi connectivity index (χ1v) is 26.3. The van der Waals surface area contributed by atoms with Crippen molar-refractivity contribution in [1.29, 1.82) is 0 Å². The Morgan fingerprint density at radius 2 is 0.800 bits per heavy atom. The van der Waals surface area contributed by atoms with Crippen LogP contribution >= 0.6 is 0 Å². The van der Waals surface area contributed by atoms with E-state index in [0.29, 0.717) is 17.5 Å². The van der Waals surface area contributed by atoms with E-state index in [2.05, 4.69) is 258 Å². The molecule has 0 N–H and O–H groups in total. The molecule has 0 fully saturated rings. The summed E-state index contributed by atoms with van der Waals surface area (Å²) < 4.78 is 2.59. The van der Waals surface area contributed by atoms with Gasteiger partial charge in [-0.3, -0.25) is 0 Å². The van der Waals surface area contributed by atoms with Crippen LogP contribution in [0.25, 0.3) is 111 Å². The Hall–Kier alpha value is -8.73. The summed E-state index contributed by atoms with van der Waals surface area (Å²) in [7, 11) is 0. The molecule has 0 aliphatic heterocycles. The van der Waals surface area contributed by atoms with E-state index in [1.165, 1.54) is 44.2 Å². The van der Waals surface area contributed by atoms with Crippen LogP contribution in [0, 0.1) is 0 Å². The highest BCUT2D eigenvalue weighted by Gasteiger charge is 2.28. The number of rotatable bonds is 9. The van der Waals surface area contributed by atoms with Crippen LogP contribution in [0.4, 0.5) is 0 Å². The minimum absolute atomic E-state index is 0.0725. The average Bonchev–Trinajstić information content (AvgIpc) is 3.78. The molecule has 0 radical (unpaired) electrons. The molecule has 4 heteroatoms. The third-order valence-corrected chi connectivity index (χ3v) is 14.8. The molecule has 4 nitrogen and oxygen atoms in total. The summed E-state index contributed by atoms with van der Waals surface area (Å²) >= 11 is 0. The van der Waals surface area contributed by atoms with Crippen molar-refractivity contribution in [2.45, 2.75) is 65.2 Å². The summed E-state index contributed by atoms with van der Waals surface area (Å²) in [5.41, 5.74) is 20.0. The van der Waals surface area contributed by atoms with E-state index in [0.717, 1.165) is 79.6 Å². The van der Waals surface area contributed by atoms with Gasteiger partial charge in [0.05, 0.1) is 16.7 Å². The maximum Gasteiger partial charge on any atom is 0.164 e. The lowest BCUT2D eigenvalue weighted by molar-refractivity contribution is 0.590. The van der Waals surface area contributed by atoms with Gasteiger partial charge in [-0.15, -0.1) is 0 Å². The van der Waals surface area contributed by atoms with Gasteiger partial charge in [-0.05, 0) is 110 Å². The Morgan fingerprint density at radius 1 is 0.360 bits per heavy atom. The zero-order valence-corrected chi connectivity index (χ0v) is 43.6.